The molecule has 1 aromatic heterocycles. The third-order valence-corrected chi connectivity index (χ3v) is 11.8. The minimum Gasteiger partial charge on any atom is -0.857 e. The molecule has 2 heterocycles. The molecule has 2 aromatic rings. The number of carbonyl (C=O) groups excluding carboxylic acids is 3. The molecule has 2 unspecified atom stereocenters. The van der Waals surface area contributed by atoms with Crippen LogP contribution in [-0.4, -0.2) is 64.5 Å². The molecule has 2 aliphatic carbocycles. The van der Waals surface area contributed by atoms with Gasteiger partial charge in [0.1, 0.15) is 23.6 Å². The number of unbranched alkanes of at least 4 members (excludes halogenated alkanes) is 1. The summed E-state index contributed by atoms with van der Waals surface area (Å²) in [5, 5.41) is 15.4. The number of halogens is 2. The Bertz CT molecular complexity index is 1530. The number of alkyl halides is 2. The Labute approximate surface area is 300 Å². The topological polar surface area (TPSA) is 134 Å². The number of hydrogen-bond donors (Lipinski definition) is 1. The molecule has 5 rings (SSSR count). The molecular weight excluding hydrogens is 658 g/mol. The lowest BCUT2D eigenvalue weighted by Gasteiger charge is -2.36. The number of fused-ring (bicyclic) bond motifs is 1. The molecular formula is C39H55F2N4O6-. The molecule has 3 fully saturated rings. The van der Waals surface area contributed by atoms with Crippen LogP contribution in [0.5, 0.6) is 11.6 Å². The summed E-state index contributed by atoms with van der Waals surface area (Å²) in [6, 6.07) is 3.31. The Morgan fingerprint density at radius 3 is 2.53 bits per heavy atom. The normalized spacial score (nSPS) is 24.0. The van der Waals surface area contributed by atoms with E-state index in [1.165, 1.54) is 32.6 Å². The average Bonchev–Trinajstić information content (AvgIpc) is 3.74. The molecule has 1 N–H and O–H groups in total. The van der Waals surface area contributed by atoms with Crippen LogP contribution in [-0.2, 0) is 20.2 Å². The van der Waals surface area contributed by atoms with Crippen LogP contribution in [0.25, 0.3) is 11.0 Å². The Balaban J connectivity index is 1.16. The van der Waals surface area contributed by atoms with Gasteiger partial charge in [0.15, 0.2) is 5.78 Å². The Morgan fingerprint density at radius 2 is 1.82 bits per heavy atom. The van der Waals surface area contributed by atoms with E-state index >= 15 is 8.78 Å². The van der Waals surface area contributed by atoms with E-state index in [4.69, 9.17) is 9.47 Å². The zero-order chi connectivity index (χ0) is 36.8. The molecule has 3 aliphatic rings. The monoisotopic (exact) mass is 713 g/mol. The molecule has 0 bridgehead atoms. The van der Waals surface area contributed by atoms with Crippen molar-refractivity contribution in [1.29, 1.82) is 0 Å². The number of rotatable bonds is 15. The van der Waals surface area contributed by atoms with Gasteiger partial charge in [-0.15, -0.1) is 0 Å². The molecule has 2 saturated carbocycles. The molecule has 1 aromatic carbocycles. The van der Waals surface area contributed by atoms with Crippen molar-refractivity contribution in [1.82, 2.24) is 20.2 Å². The number of amides is 2. The summed E-state index contributed by atoms with van der Waals surface area (Å²) in [6.07, 6.45) is 10.5. The van der Waals surface area contributed by atoms with E-state index in [0.717, 1.165) is 57.8 Å². The van der Waals surface area contributed by atoms with E-state index in [-0.39, 0.29) is 52.5 Å². The lowest BCUT2D eigenvalue weighted by Crippen LogP contribution is -2.53. The first-order valence-electron chi connectivity index (χ1n) is 19.0. The molecule has 1 aliphatic heterocycles. The second-order valence-corrected chi connectivity index (χ2v) is 15.5. The first kappa shape index (κ1) is 38.7. The Kier molecular flexibility index (Phi) is 12.8. The van der Waals surface area contributed by atoms with Crippen molar-refractivity contribution in [3.63, 3.8) is 0 Å². The van der Waals surface area contributed by atoms with Gasteiger partial charge in [0.2, 0.25) is 5.91 Å². The quantitative estimate of drug-likeness (QED) is 0.187. The van der Waals surface area contributed by atoms with E-state index in [1.807, 2.05) is 6.92 Å². The van der Waals surface area contributed by atoms with Gasteiger partial charge in [-0.05, 0) is 101 Å². The van der Waals surface area contributed by atoms with Crippen LogP contribution >= 0.6 is 0 Å². The number of ketones is 1. The number of likely N-dealkylation sites (tertiary alicyclic amines) is 1. The highest BCUT2D eigenvalue weighted by Gasteiger charge is 2.42. The standard InChI is InChI=1S/C39H56F2N4O6/c1-5-26-18-23-45(33(26)25(2)46)36(48)30(17-22-38(3)19-8-6-9-20-38)44-37(49)51-32-14-11-13-27(32)12-7-10-21-39(40,41)34-35(47)43-31-24-28(50-4)15-16-29(31)42-34/h15-16,24,26-27,30,32-33H,5-14,17-23H2,1-4H3,(H,43,47)(H,44,49)/p-1/t26-,27-,30?,32?,33-/m1/s1. The number of ether oxygens (including phenoxy) is 2. The second kappa shape index (κ2) is 16.8. The Morgan fingerprint density at radius 1 is 1.06 bits per heavy atom. The van der Waals surface area contributed by atoms with Gasteiger partial charge in [-0.3, -0.25) is 14.6 Å². The van der Waals surface area contributed by atoms with Gasteiger partial charge >= 0.3 is 6.09 Å². The van der Waals surface area contributed by atoms with E-state index in [2.05, 4.69) is 22.2 Å². The van der Waals surface area contributed by atoms with E-state index in [0.29, 0.717) is 38.0 Å². The molecule has 5 atom stereocenters. The molecule has 282 valence electrons. The summed E-state index contributed by atoms with van der Waals surface area (Å²) in [5.41, 5.74) is -0.345. The van der Waals surface area contributed by atoms with Gasteiger partial charge in [-0.25, -0.2) is 9.78 Å². The Hall–Kier alpha value is -3.57. The first-order chi connectivity index (χ1) is 24.3. The van der Waals surface area contributed by atoms with E-state index in [9.17, 15) is 19.5 Å². The number of nitrogens with one attached hydrogen (secondary N) is 1. The number of benzene rings is 1. The van der Waals surface area contributed by atoms with Crippen molar-refractivity contribution in [2.75, 3.05) is 13.7 Å². The number of nitrogens with zero attached hydrogens (tertiary/aromatic N) is 3. The lowest BCUT2D eigenvalue weighted by molar-refractivity contribution is -0.279. The average molecular weight is 714 g/mol. The number of hydrogen-bond acceptors (Lipinski definition) is 8. The maximum Gasteiger partial charge on any atom is 0.408 e. The maximum absolute atomic E-state index is 15.2. The number of carbonyl (C=O) groups is 3. The summed E-state index contributed by atoms with van der Waals surface area (Å²) in [6.45, 7) is 6.33. The van der Waals surface area contributed by atoms with Gasteiger partial charge in [0, 0.05) is 24.9 Å². The highest BCUT2D eigenvalue weighted by Crippen LogP contribution is 2.41. The van der Waals surface area contributed by atoms with Gasteiger partial charge in [-0.1, -0.05) is 46.0 Å². The molecule has 0 radical (unpaired) electrons. The third-order valence-electron chi connectivity index (χ3n) is 11.8. The fraction of sp³-hybridized carbons (Fsp3) is 0.718. The smallest absolute Gasteiger partial charge is 0.408 e. The van der Waals surface area contributed by atoms with Gasteiger partial charge in [0.05, 0.1) is 24.2 Å². The van der Waals surface area contributed by atoms with Crippen LogP contribution in [0.2, 0.25) is 0 Å². The molecule has 0 spiro atoms. The van der Waals surface area contributed by atoms with Crippen molar-refractivity contribution in [2.45, 2.75) is 148 Å². The number of methoxy groups -OCH3 is 1. The van der Waals surface area contributed by atoms with Crippen molar-refractivity contribution in [2.24, 2.45) is 17.3 Å². The highest BCUT2D eigenvalue weighted by molar-refractivity contribution is 5.92. The predicted octanol–water partition coefficient (Wildman–Crippen LogP) is 7.59. The lowest BCUT2D eigenvalue weighted by atomic mass is 9.72. The van der Waals surface area contributed by atoms with Crippen molar-refractivity contribution in [3.05, 3.63) is 23.9 Å². The zero-order valence-electron chi connectivity index (χ0n) is 30.7. The summed E-state index contributed by atoms with van der Waals surface area (Å²) < 4.78 is 41.5. The summed E-state index contributed by atoms with van der Waals surface area (Å²) in [4.78, 5) is 49.5. The molecule has 12 heteroatoms. The molecule has 10 nitrogen and oxygen atoms in total. The number of Topliss-reactive ketones (excluding diaryl/α,β-unsaturated/α-hetero) is 1. The molecule has 51 heavy (non-hydrogen) atoms. The largest absolute Gasteiger partial charge is 0.857 e. The van der Waals surface area contributed by atoms with Crippen LogP contribution in [0.15, 0.2) is 18.2 Å². The van der Waals surface area contributed by atoms with Crippen LogP contribution < -0.4 is 15.2 Å². The van der Waals surface area contributed by atoms with Crippen molar-refractivity contribution in [3.8, 4) is 11.6 Å². The molecule has 2 amide bonds. The SMILES string of the molecule is CC[C@@H]1CCN(C(=O)C(CCC2(C)CCCCC2)NC(=O)OC2CCC[C@H]2CCCCC(F)(F)c2nc3ccc(OC)cc3nc2[O-])[C@@H]1C(C)=O. The minimum absolute atomic E-state index is 0.0103. The summed E-state index contributed by atoms with van der Waals surface area (Å²) in [5.74, 6) is -4.16. The number of aromatic nitrogens is 2. The summed E-state index contributed by atoms with van der Waals surface area (Å²) >= 11 is 0. The fourth-order valence-electron chi connectivity index (χ4n) is 8.75. The van der Waals surface area contributed by atoms with Gasteiger partial charge in [-0.2, -0.15) is 8.78 Å². The maximum atomic E-state index is 15.2. The van der Waals surface area contributed by atoms with Gasteiger partial charge in [0.25, 0.3) is 5.92 Å². The second-order valence-electron chi connectivity index (χ2n) is 15.5. The zero-order valence-corrected chi connectivity index (χ0v) is 30.7. The highest BCUT2D eigenvalue weighted by atomic mass is 19.3. The van der Waals surface area contributed by atoms with E-state index < -0.39 is 42.1 Å². The van der Waals surface area contributed by atoms with Crippen molar-refractivity contribution < 1.29 is 37.7 Å². The minimum atomic E-state index is -3.44. The van der Waals surface area contributed by atoms with Crippen LogP contribution in [0.3, 0.4) is 0 Å². The van der Waals surface area contributed by atoms with Crippen LogP contribution in [0, 0.1) is 17.3 Å². The van der Waals surface area contributed by atoms with E-state index in [1.54, 1.807) is 11.0 Å². The van der Waals surface area contributed by atoms with Crippen LogP contribution in [0.4, 0.5) is 13.6 Å². The third kappa shape index (κ3) is 9.46. The number of alkyl carbamates (subject to hydrolysis) is 1. The first-order valence-corrected chi connectivity index (χ1v) is 19.0. The predicted molar refractivity (Wildman–Crippen MR) is 187 cm³/mol. The fourth-order valence-corrected chi connectivity index (χ4v) is 8.75. The molecule has 1 saturated heterocycles. The van der Waals surface area contributed by atoms with Crippen molar-refractivity contribution >= 4 is 28.8 Å². The van der Waals surface area contributed by atoms with Crippen LogP contribution in [0.1, 0.15) is 129 Å². The van der Waals surface area contributed by atoms with Gasteiger partial charge < -0.3 is 24.8 Å². The summed E-state index contributed by atoms with van der Waals surface area (Å²) in [7, 11) is 1.46.